The Balaban J connectivity index is 1.43. The average Bonchev–Trinajstić information content (AvgIpc) is 3.43. The maximum Gasteiger partial charge on any atom is 0.166 e. The van der Waals surface area contributed by atoms with Crippen molar-refractivity contribution < 1.29 is 9.59 Å². The van der Waals surface area contributed by atoms with Gasteiger partial charge in [-0.05, 0) is 59.6 Å². The Morgan fingerprint density at radius 3 is 2.20 bits per heavy atom. The number of Topliss-reactive ketones (excluding diaryl/α,β-unsaturated/α-hetero) is 2. The number of carbonyl (C=O) groups excluding carboxylic acids is 2. The van der Waals surface area contributed by atoms with Crippen LogP contribution < -0.4 is 4.90 Å². The summed E-state index contributed by atoms with van der Waals surface area (Å²) in [5, 5.41) is 12.4. The van der Waals surface area contributed by atoms with Gasteiger partial charge >= 0.3 is 0 Å². The number of ketones is 2. The number of nitrogens with zero attached hydrogens (tertiary/aromatic N) is 5. The van der Waals surface area contributed by atoms with Gasteiger partial charge in [-0.1, -0.05) is 30.3 Å². The molecule has 0 amide bonds. The van der Waals surface area contributed by atoms with Crippen LogP contribution in [0.1, 0.15) is 29.5 Å². The number of anilines is 1. The summed E-state index contributed by atoms with van der Waals surface area (Å²) in [5.74, 6) is -0.195. The van der Waals surface area contributed by atoms with Crippen molar-refractivity contribution in [3.63, 3.8) is 0 Å². The number of allylic oxidation sites excluding steroid dienone is 1. The summed E-state index contributed by atoms with van der Waals surface area (Å²) in [4.78, 5) is 39.2. The molecule has 0 aliphatic heterocycles. The smallest absolute Gasteiger partial charge is 0.166 e. The van der Waals surface area contributed by atoms with E-state index in [0.29, 0.717) is 30.8 Å². The minimum absolute atomic E-state index is 0.0973. The van der Waals surface area contributed by atoms with Crippen LogP contribution in [0.4, 0.5) is 11.4 Å². The molecular formula is C27H23N5O3. The number of carbonyl (C=O) groups is 2. The van der Waals surface area contributed by atoms with Gasteiger partial charge in [0.25, 0.3) is 0 Å². The van der Waals surface area contributed by atoms with E-state index < -0.39 is 0 Å². The van der Waals surface area contributed by atoms with E-state index >= 15 is 0 Å². The van der Waals surface area contributed by atoms with Crippen molar-refractivity contribution in [1.29, 1.82) is 0 Å². The first-order chi connectivity index (χ1) is 16.9. The molecule has 8 heteroatoms. The summed E-state index contributed by atoms with van der Waals surface area (Å²) in [5.41, 5.74) is 6.01. The van der Waals surface area contributed by atoms with Crippen LogP contribution in [0.3, 0.4) is 0 Å². The number of benzene rings is 3. The van der Waals surface area contributed by atoms with E-state index in [1.54, 1.807) is 6.08 Å². The maximum atomic E-state index is 11.9. The molecule has 0 radical (unpaired) electrons. The summed E-state index contributed by atoms with van der Waals surface area (Å²) in [6.07, 6.45) is 2.24. The molecule has 0 atom stereocenters. The lowest BCUT2D eigenvalue weighted by atomic mass is 10.1. The highest BCUT2D eigenvalue weighted by molar-refractivity contribution is 6.27. The van der Waals surface area contributed by atoms with E-state index in [1.165, 1.54) is 4.80 Å². The summed E-state index contributed by atoms with van der Waals surface area (Å²) < 4.78 is 0. The normalized spacial score (nSPS) is 13.5. The summed E-state index contributed by atoms with van der Waals surface area (Å²) >= 11 is 0. The highest BCUT2D eigenvalue weighted by atomic mass is 16.3. The van der Waals surface area contributed by atoms with Crippen LogP contribution in [-0.2, 0) is 16.1 Å². The van der Waals surface area contributed by atoms with E-state index in [2.05, 4.69) is 15.4 Å². The number of rotatable bonds is 6. The first-order valence-corrected chi connectivity index (χ1v) is 11.3. The standard InChI is InChI=1S/C27H23N5O3/c1-17-13-19(27(30-35)24(14-17)32-28-22-5-3-4-6-23(22)29-32)16-31(2)20-9-7-18(8-10-20)15-21-25(33)11-12-26(21)34/h3-10,13-15H,11-12,16H2,1-2H3. The molecule has 1 aromatic heterocycles. The first-order valence-electron chi connectivity index (χ1n) is 11.3. The van der Waals surface area contributed by atoms with Gasteiger partial charge in [0.1, 0.15) is 22.4 Å². The van der Waals surface area contributed by atoms with Gasteiger partial charge in [-0.25, -0.2) is 0 Å². The highest BCUT2D eigenvalue weighted by Gasteiger charge is 2.25. The second-order valence-electron chi connectivity index (χ2n) is 8.71. The number of hydrogen-bond donors (Lipinski definition) is 0. The zero-order valence-corrected chi connectivity index (χ0v) is 19.4. The fourth-order valence-electron chi connectivity index (χ4n) is 4.33. The summed E-state index contributed by atoms with van der Waals surface area (Å²) in [6.45, 7) is 2.40. The number of aromatic nitrogens is 3. The number of nitroso groups, excluding NO2 is 1. The third-order valence-corrected chi connectivity index (χ3v) is 6.14. The third kappa shape index (κ3) is 4.38. The predicted molar refractivity (Wildman–Crippen MR) is 135 cm³/mol. The van der Waals surface area contributed by atoms with Crippen LogP contribution in [0.5, 0.6) is 0 Å². The second-order valence-corrected chi connectivity index (χ2v) is 8.71. The SMILES string of the molecule is Cc1cc(CN(C)c2ccc(C=C3C(=O)CCC3=O)cc2)c(N=O)c(-n2nc3ccccc3n2)c1. The van der Waals surface area contributed by atoms with Crippen LogP contribution in [0.2, 0.25) is 0 Å². The van der Waals surface area contributed by atoms with Crippen molar-refractivity contribution in [1.82, 2.24) is 15.0 Å². The summed E-state index contributed by atoms with van der Waals surface area (Å²) in [7, 11) is 1.93. The molecule has 174 valence electrons. The predicted octanol–water partition coefficient (Wildman–Crippen LogP) is 5.08. The van der Waals surface area contributed by atoms with E-state index in [4.69, 9.17) is 0 Å². The number of fused-ring (bicyclic) bond motifs is 1. The Kier molecular flexibility index (Phi) is 5.78. The zero-order chi connectivity index (χ0) is 24.5. The van der Waals surface area contributed by atoms with Crippen LogP contribution in [0.15, 0.2) is 71.4 Å². The Hall–Kier alpha value is -4.46. The largest absolute Gasteiger partial charge is 0.370 e. The minimum atomic E-state index is -0.0973. The third-order valence-electron chi connectivity index (χ3n) is 6.14. The monoisotopic (exact) mass is 465 g/mol. The number of hydrogen-bond acceptors (Lipinski definition) is 7. The van der Waals surface area contributed by atoms with Crippen LogP contribution in [0.25, 0.3) is 22.8 Å². The quantitative estimate of drug-likeness (QED) is 0.224. The molecule has 1 aliphatic carbocycles. The van der Waals surface area contributed by atoms with Crippen LogP contribution in [-0.4, -0.2) is 33.6 Å². The molecule has 0 N–H and O–H groups in total. The van der Waals surface area contributed by atoms with Gasteiger partial charge in [0.2, 0.25) is 0 Å². The Morgan fingerprint density at radius 2 is 1.60 bits per heavy atom. The molecule has 0 saturated heterocycles. The molecule has 1 fully saturated rings. The summed E-state index contributed by atoms with van der Waals surface area (Å²) in [6, 6.07) is 18.9. The molecule has 3 aromatic carbocycles. The molecule has 0 spiro atoms. The van der Waals surface area contributed by atoms with Gasteiger partial charge in [0.15, 0.2) is 11.6 Å². The fraction of sp³-hybridized carbons (Fsp3) is 0.185. The van der Waals surface area contributed by atoms with Gasteiger partial charge in [-0.3, -0.25) is 9.59 Å². The van der Waals surface area contributed by atoms with Gasteiger partial charge in [0.05, 0.1) is 5.57 Å². The second kappa shape index (κ2) is 9.06. The van der Waals surface area contributed by atoms with E-state index in [1.807, 2.05) is 79.5 Å². The molecule has 5 rings (SSSR count). The average molecular weight is 466 g/mol. The van der Waals surface area contributed by atoms with Crippen molar-refractivity contribution in [2.45, 2.75) is 26.3 Å². The Bertz CT molecular complexity index is 1450. The topological polar surface area (TPSA) is 97.5 Å². The van der Waals surface area contributed by atoms with Crippen molar-refractivity contribution in [2.24, 2.45) is 5.18 Å². The lowest BCUT2D eigenvalue weighted by molar-refractivity contribution is -0.116. The molecule has 35 heavy (non-hydrogen) atoms. The lowest BCUT2D eigenvalue weighted by Gasteiger charge is -2.21. The number of aryl methyl sites for hydroxylation is 1. The minimum Gasteiger partial charge on any atom is -0.370 e. The fourth-order valence-corrected chi connectivity index (χ4v) is 4.33. The molecule has 0 bridgehead atoms. The van der Waals surface area contributed by atoms with Gasteiger partial charge < -0.3 is 4.90 Å². The van der Waals surface area contributed by atoms with Crippen molar-refractivity contribution in [2.75, 3.05) is 11.9 Å². The van der Waals surface area contributed by atoms with Crippen molar-refractivity contribution >= 4 is 40.1 Å². The molecular weight excluding hydrogens is 442 g/mol. The van der Waals surface area contributed by atoms with E-state index in [0.717, 1.165) is 33.4 Å². The van der Waals surface area contributed by atoms with Crippen molar-refractivity contribution in [3.8, 4) is 5.69 Å². The zero-order valence-electron chi connectivity index (χ0n) is 19.4. The van der Waals surface area contributed by atoms with Crippen molar-refractivity contribution in [3.05, 3.63) is 87.8 Å². The Morgan fingerprint density at radius 1 is 0.971 bits per heavy atom. The lowest BCUT2D eigenvalue weighted by Crippen LogP contribution is -2.17. The molecule has 0 unspecified atom stereocenters. The molecule has 1 heterocycles. The first kappa shape index (κ1) is 22.3. The maximum absolute atomic E-state index is 11.9. The van der Waals surface area contributed by atoms with Gasteiger partial charge in [-0.15, -0.1) is 19.9 Å². The molecule has 4 aromatic rings. The Labute approximate surface area is 201 Å². The van der Waals surface area contributed by atoms with Gasteiger partial charge in [0, 0.05) is 37.7 Å². The molecule has 1 aliphatic rings. The molecule has 1 saturated carbocycles. The highest BCUT2D eigenvalue weighted by Crippen LogP contribution is 2.31. The van der Waals surface area contributed by atoms with Crippen LogP contribution in [0, 0.1) is 11.8 Å². The van der Waals surface area contributed by atoms with E-state index in [-0.39, 0.29) is 17.1 Å². The van der Waals surface area contributed by atoms with Gasteiger partial charge in [-0.2, -0.15) is 0 Å². The molecule has 8 nitrogen and oxygen atoms in total. The van der Waals surface area contributed by atoms with Crippen LogP contribution >= 0.6 is 0 Å². The van der Waals surface area contributed by atoms with E-state index in [9.17, 15) is 14.5 Å².